The average Bonchev–Trinajstić information content (AvgIpc) is 3.02. The molecule has 0 aromatic rings. The largest absolute Gasteiger partial charge is 0.512 e. The molecule has 0 aromatic heterocycles. The van der Waals surface area contributed by atoms with Gasteiger partial charge in [0.25, 0.3) is 0 Å². The number of hydrogen-bond acceptors (Lipinski definition) is 10. The van der Waals surface area contributed by atoms with Gasteiger partial charge < -0.3 is 9.80 Å². The van der Waals surface area contributed by atoms with Gasteiger partial charge in [-0.3, -0.25) is 0 Å². The van der Waals surface area contributed by atoms with Crippen molar-refractivity contribution in [3.63, 3.8) is 0 Å². The second kappa shape index (κ2) is 12.8. The Morgan fingerprint density at radius 1 is 0.590 bits per heavy atom. The monoisotopic (exact) mass is 688 g/mol. The Hall–Kier alpha value is -1.78. The first kappa shape index (κ1) is 39.4. The third-order valence-electron chi connectivity index (χ3n) is 3.11. The summed E-state index contributed by atoms with van der Waals surface area (Å²) in [5.74, 6) is 0. The van der Waals surface area contributed by atoms with Crippen LogP contribution in [0, 0.1) is 0 Å². The van der Waals surface area contributed by atoms with E-state index in [0.717, 1.165) is 6.67 Å². The van der Waals surface area contributed by atoms with Crippen LogP contribution in [0.25, 0.3) is 0 Å². The molecule has 0 spiro atoms. The van der Waals surface area contributed by atoms with Crippen molar-refractivity contribution >= 4 is 40.1 Å². The summed E-state index contributed by atoms with van der Waals surface area (Å²) in [4.78, 5) is 4.48. The summed E-state index contributed by atoms with van der Waals surface area (Å²) in [5.41, 5.74) is -24.6. The fourth-order valence-electron chi connectivity index (χ4n) is 1.50. The van der Waals surface area contributed by atoms with E-state index >= 15 is 0 Å². The molecule has 28 heteroatoms. The Kier molecular flexibility index (Phi) is 12.9. The van der Waals surface area contributed by atoms with Crippen molar-refractivity contribution in [1.29, 1.82) is 0 Å². The standard InChI is InChI=1S/C7H14N2.2C2HF6NO4S2/c1-3-4-9-6-5-8(2)7-9;2*3-1(4,5)14(10,11)9-15(12,13)2(6,7)8/h5-6H,3-4,7H2,1-2H3;2*9H. The maximum Gasteiger partial charge on any atom is 0.512 e. The molecular formula is C11H16F12N4O8S4. The molecule has 2 N–H and O–H groups in total. The summed E-state index contributed by atoms with van der Waals surface area (Å²) in [7, 11) is -24.3. The molecule has 0 amide bonds. The molecular weight excluding hydrogens is 672 g/mol. The Bertz CT molecular complexity index is 1100. The first-order chi connectivity index (χ1) is 16.7. The lowest BCUT2D eigenvalue weighted by Crippen LogP contribution is -2.45. The fourth-order valence-corrected chi connectivity index (χ4v) is 5.32. The second-order valence-electron chi connectivity index (χ2n) is 6.47. The molecule has 0 bridgehead atoms. The Morgan fingerprint density at radius 2 is 0.846 bits per heavy atom. The van der Waals surface area contributed by atoms with Gasteiger partial charge in [0.2, 0.25) is 0 Å². The van der Waals surface area contributed by atoms with Crippen LogP contribution in [0.3, 0.4) is 0 Å². The molecule has 0 aliphatic carbocycles. The first-order valence-electron chi connectivity index (χ1n) is 8.69. The molecule has 12 nitrogen and oxygen atoms in total. The van der Waals surface area contributed by atoms with Crippen molar-refractivity contribution < 1.29 is 86.4 Å². The summed E-state index contributed by atoms with van der Waals surface area (Å²) in [6.07, 6.45) is 5.48. The number of hydrogen-bond donors (Lipinski definition) is 2. The van der Waals surface area contributed by atoms with E-state index in [4.69, 9.17) is 0 Å². The number of rotatable bonds is 6. The van der Waals surface area contributed by atoms with Gasteiger partial charge in [-0.2, -0.15) is 52.7 Å². The maximum absolute atomic E-state index is 11.5. The summed E-state index contributed by atoms with van der Waals surface area (Å²) < 4.78 is 217. The van der Waals surface area contributed by atoms with Crippen molar-refractivity contribution in [1.82, 2.24) is 18.1 Å². The van der Waals surface area contributed by atoms with Crippen LogP contribution >= 0.6 is 0 Å². The highest BCUT2D eigenvalue weighted by molar-refractivity contribution is 8.06. The zero-order chi connectivity index (χ0) is 32.1. The normalized spacial score (nSPS) is 15.8. The minimum absolute atomic E-state index is 0.493. The van der Waals surface area contributed by atoms with E-state index < -0.39 is 70.4 Å². The molecule has 1 rings (SSSR count). The minimum Gasteiger partial charge on any atom is -0.362 e. The van der Waals surface area contributed by atoms with E-state index in [-0.39, 0.29) is 0 Å². The zero-order valence-corrected chi connectivity index (χ0v) is 21.9. The summed E-state index contributed by atoms with van der Waals surface area (Å²) >= 11 is 0. The lowest BCUT2D eigenvalue weighted by atomic mass is 10.4. The van der Waals surface area contributed by atoms with Crippen LogP contribution in [-0.2, 0) is 40.1 Å². The molecule has 0 radical (unpaired) electrons. The van der Waals surface area contributed by atoms with Gasteiger partial charge in [0.15, 0.2) is 0 Å². The van der Waals surface area contributed by atoms with Crippen LogP contribution < -0.4 is 8.25 Å². The Morgan fingerprint density at radius 3 is 1.00 bits per heavy atom. The van der Waals surface area contributed by atoms with Crippen LogP contribution in [0.2, 0.25) is 0 Å². The molecule has 1 heterocycles. The zero-order valence-electron chi connectivity index (χ0n) is 18.6. The van der Waals surface area contributed by atoms with Crippen LogP contribution in [-0.4, -0.2) is 85.8 Å². The van der Waals surface area contributed by atoms with Crippen molar-refractivity contribution in [2.75, 3.05) is 20.3 Å². The van der Waals surface area contributed by atoms with Crippen LogP contribution in [0.1, 0.15) is 13.3 Å². The lowest BCUT2D eigenvalue weighted by Gasteiger charge is -2.16. The number of sulfonamides is 4. The third-order valence-corrected chi connectivity index (χ3v) is 9.05. The molecule has 236 valence electrons. The van der Waals surface area contributed by atoms with Gasteiger partial charge in [-0.15, -0.1) is 0 Å². The molecule has 0 unspecified atom stereocenters. The topological polar surface area (TPSA) is 167 Å². The third kappa shape index (κ3) is 12.5. The van der Waals surface area contributed by atoms with Gasteiger partial charge in [-0.25, -0.2) is 33.7 Å². The average molecular weight is 689 g/mol. The first-order valence-corrected chi connectivity index (χ1v) is 14.6. The quantitative estimate of drug-likeness (QED) is 0.392. The minimum atomic E-state index is -6.60. The molecule has 1 aliphatic heterocycles. The molecule has 0 saturated heterocycles. The summed E-state index contributed by atoms with van der Waals surface area (Å²) in [6, 6.07) is 0. The molecule has 1 aliphatic rings. The van der Waals surface area contributed by atoms with E-state index in [1.54, 1.807) is 0 Å². The van der Waals surface area contributed by atoms with Crippen molar-refractivity contribution in [3.05, 3.63) is 12.4 Å². The molecule has 0 aromatic carbocycles. The van der Waals surface area contributed by atoms with E-state index in [1.807, 2.05) is 0 Å². The van der Waals surface area contributed by atoms with Gasteiger partial charge in [-0.05, 0) is 6.42 Å². The van der Waals surface area contributed by atoms with Crippen molar-refractivity contribution in [2.45, 2.75) is 35.4 Å². The van der Waals surface area contributed by atoms with Gasteiger partial charge in [0, 0.05) is 26.0 Å². The second-order valence-corrected chi connectivity index (χ2v) is 13.7. The maximum atomic E-state index is 11.5. The predicted molar refractivity (Wildman–Crippen MR) is 105 cm³/mol. The lowest BCUT2D eigenvalue weighted by molar-refractivity contribution is -0.0487. The number of nitrogens with one attached hydrogen (secondary N) is 2. The van der Waals surface area contributed by atoms with E-state index in [9.17, 15) is 86.4 Å². The van der Waals surface area contributed by atoms with E-state index in [1.165, 1.54) is 13.0 Å². The van der Waals surface area contributed by atoms with Crippen LogP contribution in [0.15, 0.2) is 12.4 Å². The van der Waals surface area contributed by atoms with Gasteiger partial charge in [0.1, 0.15) is 0 Å². The van der Waals surface area contributed by atoms with Gasteiger partial charge in [0.05, 0.1) is 6.67 Å². The highest BCUT2D eigenvalue weighted by Gasteiger charge is 2.56. The molecule has 0 atom stereocenters. The SMILES string of the molecule is CCCN1C=CN(C)C1.O=S(=O)(NS(=O)(=O)C(F)(F)F)C(F)(F)F.O=S(=O)(NS(=O)(=O)C(F)(F)F)C(F)(F)F. The highest BCUT2D eigenvalue weighted by Crippen LogP contribution is 2.28. The van der Waals surface area contributed by atoms with Gasteiger partial charge >= 0.3 is 62.1 Å². The van der Waals surface area contributed by atoms with Gasteiger partial charge in [-0.1, -0.05) is 15.2 Å². The van der Waals surface area contributed by atoms with Crippen LogP contribution in [0.5, 0.6) is 0 Å². The Labute approximate surface area is 212 Å². The molecule has 0 fully saturated rings. The fraction of sp³-hybridized carbons (Fsp3) is 0.818. The highest BCUT2D eigenvalue weighted by atomic mass is 32.3. The molecule has 39 heavy (non-hydrogen) atoms. The van der Waals surface area contributed by atoms with Crippen molar-refractivity contribution in [2.24, 2.45) is 0 Å². The Balaban J connectivity index is 0. The number of alkyl halides is 12. The summed E-state index contributed by atoms with van der Waals surface area (Å²) in [6.45, 7) is 4.45. The predicted octanol–water partition coefficient (Wildman–Crippen LogP) is 1.62. The smallest absolute Gasteiger partial charge is 0.362 e. The number of halogens is 12. The van der Waals surface area contributed by atoms with E-state index in [0.29, 0.717) is 0 Å². The molecule has 0 saturated carbocycles. The van der Waals surface area contributed by atoms with Crippen LogP contribution in [0.4, 0.5) is 52.7 Å². The van der Waals surface area contributed by atoms with E-state index in [2.05, 4.69) is 36.2 Å². The summed E-state index contributed by atoms with van der Waals surface area (Å²) in [5, 5.41) is 0. The number of nitrogens with zero attached hydrogens (tertiary/aromatic N) is 2. The van der Waals surface area contributed by atoms with Crippen molar-refractivity contribution in [3.8, 4) is 0 Å².